The number of unbranched alkanes of at least 4 members (excludes halogenated alkanes) is 1. The van der Waals surface area contributed by atoms with Crippen LogP contribution in [0, 0.1) is 0 Å². The molecule has 1 aromatic heterocycles. The number of hydrogen-bond donors (Lipinski definition) is 1. The highest BCUT2D eigenvalue weighted by molar-refractivity contribution is 7.89. The van der Waals surface area contributed by atoms with E-state index in [1.807, 2.05) is 0 Å². The zero-order valence-electron chi connectivity index (χ0n) is 18.3. The number of carbonyl (C=O) groups is 2. The van der Waals surface area contributed by atoms with E-state index in [2.05, 4.69) is 11.9 Å². The van der Waals surface area contributed by atoms with Gasteiger partial charge in [0.05, 0.1) is 35.2 Å². The van der Waals surface area contributed by atoms with E-state index in [4.69, 9.17) is 14.6 Å². The minimum absolute atomic E-state index is 0.0498. The molecule has 1 amide bonds. The Bertz CT molecular complexity index is 1340. The lowest BCUT2D eigenvalue weighted by molar-refractivity contribution is -0.140. The number of esters is 1. The first-order valence-electron chi connectivity index (χ1n) is 10.3. The third-order valence-corrected chi connectivity index (χ3v) is 6.75. The van der Waals surface area contributed by atoms with Crippen molar-refractivity contribution in [2.45, 2.75) is 37.6 Å². The van der Waals surface area contributed by atoms with Crippen LogP contribution >= 0.6 is 11.3 Å². The second-order valence-electron chi connectivity index (χ2n) is 7.18. The number of amides is 1. The van der Waals surface area contributed by atoms with E-state index in [1.165, 1.54) is 19.2 Å². The van der Waals surface area contributed by atoms with Gasteiger partial charge < -0.3 is 14.0 Å². The third kappa shape index (κ3) is 6.28. The van der Waals surface area contributed by atoms with E-state index in [-0.39, 0.29) is 17.9 Å². The maximum atomic E-state index is 12.9. The Balaban J connectivity index is 2.03. The number of sulfonamides is 1. The van der Waals surface area contributed by atoms with Crippen LogP contribution < -0.4 is 14.7 Å². The topological polar surface area (TPSA) is 130 Å². The highest BCUT2D eigenvalue weighted by Gasteiger charge is 2.15. The van der Waals surface area contributed by atoms with Crippen LogP contribution in [-0.2, 0) is 26.1 Å². The number of rotatable bonds is 9. The van der Waals surface area contributed by atoms with Crippen molar-refractivity contribution in [3.05, 3.63) is 52.8 Å². The minimum Gasteiger partial charge on any atom is -0.494 e. The molecule has 0 aliphatic heterocycles. The first-order valence-corrected chi connectivity index (χ1v) is 12.6. The number of aromatic nitrogens is 1. The van der Waals surface area contributed by atoms with Gasteiger partial charge in [-0.3, -0.25) is 9.59 Å². The maximum Gasteiger partial charge on any atom is 0.307 e. The van der Waals surface area contributed by atoms with Gasteiger partial charge in [-0.15, -0.1) is 0 Å². The zero-order valence-corrected chi connectivity index (χ0v) is 19.9. The van der Waals surface area contributed by atoms with Crippen LogP contribution in [0.2, 0.25) is 0 Å². The SMILES string of the molecule is CCCCOc1cccc(C(=O)N=c2sc3cc(S(N)(=O)=O)ccc3n2CCC(=O)OC)c1. The van der Waals surface area contributed by atoms with E-state index >= 15 is 0 Å². The molecule has 1 heterocycles. The van der Waals surface area contributed by atoms with Crippen molar-refractivity contribution in [1.82, 2.24) is 4.57 Å². The number of thiazole rings is 1. The van der Waals surface area contributed by atoms with Crippen LogP contribution in [-0.4, -0.2) is 38.6 Å². The lowest BCUT2D eigenvalue weighted by atomic mass is 10.2. The highest BCUT2D eigenvalue weighted by atomic mass is 32.2. The number of fused-ring (bicyclic) bond motifs is 1. The van der Waals surface area contributed by atoms with E-state index < -0.39 is 21.9 Å². The summed E-state index contributed by atoms with van der Waals surface area (Å²) in [6.45, 7) is 2.82. The lowest BCUT2D eigenvalue weighted by Crippen LogP contribution is -2.19. The highest BCUT2D eigenvalue weighted by Crippen LogP contribution is 2.22. The fraction of sp³-hybridized carbons (Fsp3) is 0.318. The second kappa shape index (κ2) is 10.7. The Hall–Kier alpha value is -3.02. The monoisotopic (exact) mass is 491 g/mol. The van der Waals surface area contributed by atoms with Gasteiger partial charge in [-0.05, 0) is 42.8 Å². The Morgan fingerprint density at radius 1 is 1.18 bits per heavy atom. The fourth-order valence-electron chi connectivity index (χ4n) is 3.04. The van der Waals surface area contributed by atoms with E-state index in [1.54, 1.807) is 34.9 Å². The minimum atomic E-state index is -3.90. The molecule has 0 unspecified atom stereocenters. The molecule has 2 N–H and O–H groups in total. The van der Waals surface area contributed by atoms with Gasteiger partial charge in [0, 0.05) is 12.1 Å². The molecule has 2 aromatic carbocycles. The number of nitrogens with two attached hydrogens (primary N) is 1. The van der Waals surface area contributed by atoms with Gasteiger partial charge in [-0.25, -0.2) is 13.6 Å². The molecule has 0 saturated carbocycles. The van der Waals surface area contributed by atoms with Crippen LogP contribution in [0.4, 0.5) is 0 Å². The van der Waals surface area contributed by atoms with Crippen LogP contribution in [0.5, 0.6) is 5.75 Å². The van der Waals surface area contributed by atoms with Gasteiger partial charge in [0.15, 0.2) is 4.80 Å². The molecule has 0 atom stereocenters. The summed E-state index contributed by atoms with van der Waals surface area (Å²) < 4.78 is 36.1. The Labute approximate surface area is 195 Å². The molecule has 0 aliphatic carbocycles. The van der Waals surface area contributed by atoms with Gasteiger partial charge in [-0.1, -0.05) is 30.7 Å². The average Bonchev–Trinajstić information content (AvgIpc) is 3.13. The fourth-order valence-corrected chi connectivity index (χ4v) is 4.75. The van der Waals surface area contributed by atoms with Crippen molar-refractivity contribution in [1.29, 1.82) is 0 Å². The smallest absolute Gasteiger partial charge is 0.307 e. The summed E-state index contributed by atoms with van der Waals surface area (Å²) in [7, 11) is -2.60. The molecule has 9 nitrogen and oxygen atoms in total. The summed E-state index contributed by atoms with van der Waals surface area (Å²) >= 11 is 1.13. The first-order chi connectivity index (χ1) is 15.7. The van der Waals surface area contributed by atoms with Crippen molar-refractivity contribution in [3.8, 4) is 5.75 Å². The third-order valence-electron chi connectivity index (χ3n) is 4.79. The molecule has 0 fully saturated rings. The summed E-state index contributed by atoms with van der Waals surface area (Å²) in [5, 5.41) is 5.24. The molecule has 11 heteroatoms. The molecule has 176 valence electrons. The van der Waals surface area contributed by atoms with Crippen molar-refractivity contribution >= 4 is 43.5 Å². The predicted octanol–water partition coefficient (Wildman–Crippen LogP) is 2.83. The van der Waals surface area contributed by atoms with Crippen LogP contribution in [0.3, 0.4) is 0 Å². The van der Waals surface area contributed by atoms with Crippen molar-refractivity contribution < 1.29 is 27.5 Å². The number of hydrogen-bond acceptors (Lipinski definition) is 7. The summed E-state index contributed by atoms with van der Waals surface area (Å²) in [5.41, 5.74) is 0.978. The molecular formula is C22H25N3O6S2. The molecule has 0 spiro atoms. The zero-order chi connectivity index (χ0) is 24.0. The number of primary sulfonamides is 1. The molecular weight excluding hydrogens is 466 g/mol. The van der Waals surface area contributed by atoms with E-state index in [0.29, 0.717) is 32.9 Å². The van der Waals surface area contributed by atoms with Crippen molar-refractivity contribution in [2.75, 3.05) is 13.7 Å². The summed E-state index contributed by atoms with van der Waals surface area (Å²) in [6.07, 6.45) is 1.96. The number of nitrogens with zero attached hydrogens (tertiary/aromatic N) is 2. The molecule has 3 aromatic rings. The van der Waals surface area contributed by atoms with Crippen molar-refractivity contribution in [2.24, 2.45) is 10.1 Å². The number of carbonyl (C=O) groups excluding carboxylic acids is 2. The average molecular weight is 492 g/mol. The van der Waals surface area contributed by atoms with Crippen LogP contribution in [0.25, 0.3) is 10.2 Å². The Morgan fingerprint density at radius 2 is 1.97 bits per heavy atom. The molecule has 0 saturated heterocycles. The lowest BCUT2D eigenvalue weighted by Gasteiger charge is -2.06. The normalized spacial score (nSPS) is 12.2. The van der Waals surface area contributed by atoms with Gasteiger partial charge in [0.25, 0.3) is 5.91 Å². The number of aryl methyl sites for hydroxylation is 1. The molecule has 0 radical (unpaired) electrons. The van der Waals surface area contributed by atoms with Crippen LogP contribution in [0.15, 0.2) is 52.4 Å². The largest absolute Gasteiger partial charge is 0.494 e. The molecule has 33 heavy (non-hydrogen) atoms. The van der Waals surface area contributed by atoms with Gasteiger partial charge in [0.1, 0.15) is 5.75 Å². The maximum absolute atomic E-state index is 12.9. The number of benzene rings is 2. The van der Waals surface area contributed by atoms with Gasteiger partial charge in [0.2, 0.25) is 10.0 Å². The Kier molecular flexibility index (Phi) is 8.01. The predicted molar refractivity (Wildman–Crippen MR) is 125 cm³/mol. The molecule has 3 rings (SSSR count). The number of methoxy groups -OCH3 is 1. The standard InChI is InChI=1S/C22H25N3O6S2/c1-3-4-12-31-16-7-5-6-15(13-16)21(27)24-22-25(11-10-20(26)30-2)18-9-8-17(33(23,28)29)14-19(18)32-22/h5-9,13-14H,3-4,10-12H2,1-2H3,(H2,23,28,29). The van der Waals surface area contributed by atoms with Gasteiger partial charge in [-0.2, -0.15) is 4.99 Å². The second-order valence-corrected chi connectivity index (χ2v) is 9.75. The first kappa shape index (κ1) is 24.6. The van der Waals surface area contributed by atoms with Crippen LogP contribution in [0.1, 0.15) is 36.5 Å². The number of ether oxygens (including phenoxy) is 2. The summed E-state index contributed by atoms with van der Waals surface area (Å²) in [6, 6.07) is 11.2. The van der Waals surface area contributed by atoms with Crippen molar-refractivity contribution in [3.63, 3.8) is 0 Å². The Morgan fingerprint density at radius 3 is 2.67 bits per heavy atom. The summed E-state index contributed by atoms with van der Waals surface area (Å²) in [5.74, 6) is -0.324. The van der Waals surface area contributed by atoms with E-state index in [9.17, 15) is 18.0 Å². The van der Waals surface area contributed by atoms with Gasteiger partial charge >= 0.3 is 5.97 Å². The van der Waals surface area contributed by atoms with E-state index in [0.717, 1.165) is 24.2 Å². The quantitative estimate of drug-likeness (QED) is 0.362. The summed E-state index contributed by atoms with van der Waals surface area (Å²) in [4.78, 5) is 29.1. The molecule has 0 bridgehead atoms. The molecule has 0 aliphatic rings.